The average molecular weight is 255 g/mol. The first-order valence-corrected chi connectivity index (χ1v) is 6.45. The molecule has 0 saturated carbocycles. The summed E-state index contributed by atoms with van der Waals surface area (Å²) in [7, 11) is 0. The number of carbonyl (C=O) groups is 1. The number of hydrogen-bond acceptors (Lipinski definition) is 3. The highest BCUT2D eigenvalue weighted by atomic mass is 16.5. The molecule has 0 N–H and O–H groups in total. The minimum absolute atomic E-state index is 0.133. The van der Waals surface area contributed by atoms with Crippen molar-refractivity contribution in [3.05, 3.63) is 59.9 Å². The van der Waals surface area contributed by atoms with Crippen molar-refractivity contribution in [2.75, 3.05) is 6.61 Å². The van der Waals surface area contributed by atoms with Gasteiger partial charge in [0.2, 0.25) is 0 Å². The highest BCUT2D eigenvalue weighted by Crippen LogP contribution is 2.14. The lowest BCUT2D eigenvalue weighted by molar-refractivity contribution is 0.0982. The molecule has 0 spiro atoms. The maximum Gasteiger partial charge on any atom is 0.163 e. The molecule has 0 aliphatic rings. The number of rotatable bonds is 6. The van der Waals surface area contributed by atoms with Gasteiger partial charge in [-0.05, 0) is 49.7 Å². The van der Waals surface area contributed by atoms with Gasteiger partial charge in [0, 0.05) is 23.9 Å². The molecule has 19 heavy (non-hydrogen) atoms. The van der Waals surface area contributed by atoms with Crippen molar-refractivity contribution < 1.29 is 9.53 Å². The number of Topliss-reactive ketones (excluding diaryl/α,β-unsaturated/α-hetero) is 1. The molecule has 0 fully saturated rings. The van der Waals surface area contributed by atoms with Crippen LogP contribution in [0.3, 0.4) is 0 Å². The predicted molar refractivity (Wildman–Crippen MR) is 74.5 cm³/mol. The van der Waals surface area contributed by atoms with Crippen LogP contribution in [0.4, 0.5) is 0 Å². The molecule has 0 unspecified atom stereocenters. The van der Waals surface area contributed by atoms with Crippen LogP contribution in [0.15, 0.2) is 48.7 Å². The molecular formula is C16H17NO2. The molecule has 1 aromatic carbocycles. The Morgan fingerprint density at radius 1 is 1.16 bits per heavy atom. The van der Waals surface area contributed by atoms with Crippen LogP contribution in [0.1, 0.15) is 29.4 Å². The molecule has 98 valence electrons. The van der Waals surface area contributed by atoms with Crippen molar-refractivity contribution in [3.8, 4) is 5.75 Å². The van der Waals surface area contributed by atoms with Crippen LogP contribution in [0, 0.1) is 0 Å². The van der Waals surface area contributed by atoms with Gasteiger partial charge >= 0.3 is 0 Å². The van der Waals surface area contributed by atoms with Crippen molar-refractivity contribution in [1.82, 2.24) is 4.98 Å². The Morgan fingerprint density at radius 2 is 1.95 bits per heavy atom. The van der Waals surface area contributed by atoms with Crippen LogP contribution in [0.2, 0.25) is 0 Å². The third-order valence-electron chi connectivity index (χ3n) is 2.82. The Morgan fingerprint density at radius 3 is 2.58 bits per heavy atom. The average Bonchev–Trinajstić information content (AvgIpc) is 2.47. The topological polar surface area (TPSA) is 39.2 Å². The number of aryl methyl sites for hydroxylation is 1. The number of carbonyl (C=O) groups excluding carboxylic acids is 1. The number of benzene rings is 1. The predicted octanol–water partition coefficient (Wildman–Crippen LogP) is 3.30. The second-order valence-electron chi connectivity index (χ2n) is 4.20. The van der Waals surface area contributed by atoms with Gasteiger partial charge in [0.05, 0.1) is 6.61 Å². The van der Waals surface area contributed by atoms with Crippen molar-refractivity contribution in [3.63, 3.8) is 0 Å². The van der Waals surface area contributed by atoms with Crippen molar-refractivity contribution in [1.29, 1.82) is 0 Å². The van der Waals surface area contributed by atoms with Gasteiger partial charge in [-0.15, -0.1) is 0 Å². The lowest BCUT2D eigenvalue weighted by Crippen LogP contribution is -2.02. The molecule has 0 saturated heterocycles. The van der Waals surface area contributed by atoms with E-state index in [1.54, 1.807) is 6.20 Å². The molecule has 1 heterocycles. The van der Waals surface area contributed by atoms with E-state index in [0.717, 1.165) is 17.0 Å². The maximum atomic E-state index is 12.0. The van der Waals surface area contributed by atoms with Gasteiger partial charge in [0.1, 0.15) is 5.75 Å². The molecular weight excluding hydrogens is 238 g/mol. The van der Waals surface area contributed by atoms with Crippen LogP contribution in [-0.2, 0) is 6.42 Å². The van der Waals surface area contributed by atoms with Crippen LogP contribution < -0.4 is 4.74 Å². The third kappa shape index (κ3) is 3.91. The van der Waals surface area contributed by atoms with Gasteiger partial charge < -0.3 is 4.74 Å². The Balaban J connectivity index is 1.92. The minimum Gasteiger partial charge on any atom is -0.494 e. The fourth-order valence-electron chi connectivity index (χ4n) is 1.84. The van der Waals surface area contributed by atoms with Gasteiger partial charge in [0.25, 0.3) is 0 Å². The SMILES string of the molecule is CCOc1ccc(C(=O)CCc2ccccn2)cc1. The molecule has 3 heteroatoms. The first kappa shape index (κ1) is 13.3. The van der Waals surface area contributed by atoms with E-state index in [1.165, 1.54) is 0 Å². The minimum atomic E-state index is 0.133. The number of hydrogen-bond donors (Lipinski definition) is 0. The summed E-state index contributed by atoms with van der Waals surface area (Å²) in [6, 6.07) is 13.0. The van der Waals surface area contributed by atoms with E-state index in [1.807, 2.05) is 49.4 Å². The molecule has 1 aromatic heterocycles. The van der Waals surface area contributed by atoms with E-state index in [4.69, 9.17) is 4.74 Å². The first-order valence-electron chi connectivity index (χ1n) is 6.45. The normalized spacial score (nSPS) is 10.2. The molecule has 0 bridgehead atoms. The Kier molecular flexibility index (Phi) is 4.67. The lowest BCUT2D eigenvalue weighted by atomic mass is 10.1. The molecule has 0 atom stereocenters. The molecule has 3 nitrogen and oxygen atoms in total. The summed E-state index contributed by atoms with van der Waals surface area (Å²) in [5.41, 5.74) is 1.67. The van der Waals surface area contributed by atoms with E-state index >= 15 is 0 Å². The summed E-state index contributed by atoms with van der Waals surface area (Å²) in [5.74, 6) is 0.928. The van der Waals surface area contributed by atoms with Gasteiger partial charge in [-0.25, -0.2) is 0 Å². The van der Waals surface area contributed by atoms with Crippen LogP contribution >= 0.6 is 0 Å². The Hall–Kier alpha value is -2.16. The van der Waals surface area contributed by atoms with Crippen LogP contribution in [-0.4, -0.2) is 17.4 Å². The van der Waals surface area contributed by atoms with E-state index < -0.39 is 0 Å². The van der Waals surface area contributed by atoms with Gasteiger partial charge in [-0.1, -0.05) is 6.07 Å². The van der Waals surface area contributed by atoms with Crippen LogP contribution in [0.5, 0.6) is 5.75 Å². The number of ether oxygens (including phenoxy) is 1. The van der Waals surface area contributed by atoms with Crippen molar-refractivity contribution >= 4 is 5.78 Å². The number of aromatic nitrogens is 1. The zero-order valence-electron chi connectivity index (χ0n) is 11.0. The van der Waals surface area contributed by atoms with E-state index in [9.17, 15) is 4.79 Å². The monoisotopic (exact) mass is 255 g/mol. The summed E-state index contributed by atoms with van der Waals surface area (Å²) >= 11 is 0. The fraction of sp³-hybridized carbons (Fsp3) is 0.250. The molecule has 0 amide bonds. The Labute approximate surface area is 113 Å². The zero-order valence-corrected chi connectivity index (χ0v) is 11.0. The molecule has 2 rings (SSSR count). The zero-order chi connectivity index (χ0) is 13.5. The Bertz CT molecular complexity index is 520. The van der Waals surface area contributed by atoms with Crippen molar-refractivity contribution in [2.24, 2.45) is 0 Å². The van der Waals surface area contributed by atoms with Crippen molar-refractivity contribution in [2.45, 2.75) is 19.8 Å². The van der Waals surface area contributed by atoms with E-state index in [2.05, 4.69) is 4.98 Å². The van der Waals surface area contributed by atoms with E-state index in [-0.39, 0.29) is 5.78 Å². The summed E-state index contributed by atoms with van der Waals surface area (Å²) in [6.45, 7) is 2.57. The van der Waals surface area contributed by atoms with Crippen LogP contribution in [0.25, 0.3) is 0 Å². The number of pyridine rings is 1. The fourth-order valence-corrected chi connectivity index (χ4v) is 1.84. The highest BCUT2D eigenvalue weighted by molar-refractivity contribution is 5.96. The maximum absolute atomic E-state index is 12.0. The number of ketones is 1. The first-order chi connectivity index (χ1) is 9.29. The standard InChI is InChI=1S/C16H17NO2/c1-2-19-15-9-6-13(7-10-15)16(18)11-8-14-5-3-4-12-17-14/h3-7,9-10,12H,2,8,11H2,1H3. The van der Waals surface area contributed by atoms with Gasteiger partial charge in [-0.3, -0.25) is 9.78 Å². The van der Waals surface area contributed by atoms with Gasteiger partial charge in [0.15, 0.2) is 5.78 Å². The summed E-state index contributed by atoms with van der Waals surface area (Å²) in [5, 5.41) is 0. The largest absolute Gasteiger partial charge is 0.494 e. The summed E-state index contributed by atoms with van der Waals surface area (Å²) < 4.78 is 5.35. The molecule has 0 aliphatic carbocycles. The van der Waals surface area contributed by atoms with Gasteiger partial charge in [-0.2, -0.15) is 0 Å². The summed E-state index contributed by atoms with van der Waals surface area (Å²) in [4.78, 5) is 16.2. The quantitative estimate of drug-likeness (QED) is 0.743. The molecule has 2 aromatic rings. The second-order valence-corrected chi connectivity index (χ2v) is 4.20. The number of nitrogens with zero attached hydrogens (tertiary/aromatic N) is 1. The third-order valence-corrected chi connectivity index (χ3v) is 2.82. The molecule has 0 aliphatic heterocycles. The molecule has 0 radical (unpaired) electrons. The summed E-state index contributed by atoms with van der Waals surface area (Å²) in [6.07, 6.45) is 2.90. The smallest absolute Gasteiger partial charge is 0.163 e. The second kappa shape index (κ2) is 6.69. The lowest BCUT2D eigenvalue weighted by Gasteiger charge is -2.04. The highest BCUT2D eigenvalue weighted by Gasteiger charge is 2.06. The van der Waals surface area contributed by atoms with E-state index in [0.29, 0.717) is 19.4 Å².